The van der Waals surface area contributed by atoms with E-state index in [1.807, 2.05) is 24.3 Å². The van der Waals surface area contributed by atoms with Crippen LogP contribution in [0.2, 0.25) is 0 Å². The Balaban J connectivity index is 1.78. The van der Waals surface area contributed by atoms with Crippen molar-refractivity contribution in [3.63, 3.8) is 0 Å². The highest BCUT2D eigenvalue weighted by molar-refractivity contribution is 7.92. The Kier molecular flexibility index (Phi) is 5.36. The predicted octanol–water partition coefficient (Wildman–Crippen LogP) is 2.87. The summed E-state index contributed by atoms with van der Waals surface area (Å²) in [5.41, 5.74) is 2.13. The number of carbonyl (C=O) groups is 1. The number of hydrogen-bond donors (Lipinski definition) is 2. The first-order valence-corrected chi connectivity index (χ1v) is 9.99. The second-order valence-electron chi connectivity index (χ2n) is 5.87. The van der Waals surface area contributed by atoms with Gasteiger partial charge in [-0.1, -0.05) is 18.2 Å². The number of anilines is 2. The van der Waals surface area contributed by atoms with E-state index in [2.05, 4.69) is 10.0 Å². The summed E-state index contributed by atoms with van der Waals surface area (Å²) >= 11 is 0. The van der Waals surface area contributed by atoms with Crippen molar-refractivity contribution in [3.8, 4) is 11.5 Å². The number of fused-ring (bicyclic) bond motifs is 1. The highest BCUT2D eigenvalue weighted by Gasteiger charge is 2.18. The van der Waals surface area contributed by atoms with Gasteiger partial charge in [0.15, 0.2) is 0 Å². The third kappa shape index (κ3) is 4.40. The van der Waals surface area contributed by atoms with Gasteiger partial charge >= 0.3 is 0 Å². The molecule has 0 saturated carbocycles. The molecule has 1 aliphatic heterocycles. The number of amides is 1. The largest absolute Gasteiger partial charge is 0.494 e. The highest BCUT2D eigenvalue weighted by Crippen LogP contribution is 2.30. The monoisotopic (exact) mass is 388 g/mol. The van der Waals surface area contributed by atoms with Crippen molar-refractivity contribution in [1.29, 1.82) is 0 Å². The first kappa shape index (κ1) is 18.8. The van der Waals surface area contributed by atoms with Gasteiger partial charge in [0.1, 0.15) is 18.1 Å². The van der Waals surface area contributed by atoms with Crippen LogP contribution < -0.4 is 19.5 Å². The van der Waals surface area contributed by atoms with Gasteiger partial charge < -0.3 is 14.8 Å². The summed E-state index contributed by atoms with van der Waals surface area (Å²) in [6, 6.07) is 12.2. The summed E-state index contributed by atoms with van der Waals surface area (Å²) in [6.07, 6.45) is 1.79. The van der Waals surface area contributed by atoms with Crippen LogP contribution in [0.15, 0.2) is 48.0 Å². The Morgan fingerprint density at radius 3 is 2.74 bits per heavy atom. The van der Waals surface area contributed by atoms with Gasteiger partial charge in [0.2, 0.25) is 10.0 Å². The van der Waals surface area contributed by atoms with E-state index in [0.717, 1.165) is 11.3 Å². The van der Waals surface area contributed by atoms with Crippen LogP contribution in [0.4, 0.5) is 11.4 Å². The Hall–Kier alpha value is -3.00. The van der Waals surface area contributed by atoms with E-state index in [0.29, 0.717) is 22.7 Å². The molecule has 1 heterocycles. The van der Waals surface area contributed by atoms with Crippen molar-refractivity contribution < 1.29 is 22.7 Å². The van der Waals surface area contributed by atoms with Gasteiger partial charge in [0.05, 0.1) is 24.1 Å². The minimum atomic E-state index is -3.43. The van der Waals surface area contributed by atoms with Crippen LogP contribution in [-0.4, -0.2) is 33.8 Å². The maximum Gasteiger partial charge on any atom is 0.255 e. The summed E-state index contributed by atoms with van der Waals surface area (Å²) < 4.78 is 36.8. The van der Waals surface area contributed by atoms with E-state index in [4.69, 9.17) is 9.47 Å². The smallest absolute Gasteiger partial charge is 0.255 e. The molecular weight excluding hydrogens is 368 g/mol. The second kappa shape index (κ2) is 7.71. The molecule has 0 unspecified atom stereocenters. The lowest BCUT2D eigenvalue weighted by Crippen LogP contribution is -2.21. The van der Waals surface area contributed by atoms with Crippen molar-refractivity contribution in [2.24, 2.45) is 0 Å². The summed E-state index contributed by atoms with van der Waals surface area (Å²) in [4.78, 5) is 12.5. The average Bonchev–Trinajstić information content (AvgIpc) is 2.68. The lowest BCUT2D eigenvalue weighted by Gasteiger charge is -2.18. The Morgan fingerprint density at radius 2 is 2.00 bits per heavy atom. The summed E-state index contributed by atoms with van der Waals surface area (Å²) in [5.74, 6) is 0.699. The molecule has 142 valence electrons. The normalized spacial score (nSPS) is 13.0. The number of methoxy groups -OCH3 is 1. The Labute approximate surface area is 158 Å². The summed E-state index contributed by atoms with van der Waals surface area (Å²) in [5, 5.41) is 2.78. The molecule has 2 N–H and O–H groups in total. The van der Waals surface area contributed by atoms with Crippen LogP contribution in [-0.2, 0) is 14.8 Å². The Bertz CT molecular complexity index is 999. The van der Waals surface area contributed by atoms with E-state index >= 15 is 0 Å². The first-order chi connectivity index (χ1) is 12.9. The minimum absolute atomic E-state index is 0.0513. The fraction of sp³-hybridized carbons (Fsp3) is 0.211. The van der Waals surface area contributed by atoms with Crippen LogP contribution in [0.5, 0.6) is 11.5 Å². The minimum Gasteiger partial charge on any atom is -0.494 e. The molecule has 8 heteroatoms. The van der Waals surface area contributed by atoms with Crippen LogP contribution in [0.3, 0.4) is 0 Å². The van der Waals surface area contributed by atoms with Gasteiger partial charge in [-0.15, -0.1) is 0 Å². The van der Waals surface area contributed by atoms with Gasteiger partial charge in [-0.05, 0) is 31.2 Å². The molecule has 1 aliphatic rings. The van der Waals surface area contributed by atoms with Crippen LogP contribution in [0.25, 0.3) is 6.08 Å². The van der Waals surface area contributed by atoms with Gasteiger partial charge in [-0.3, -0.25) is 9.52 Å². The molecule has 0 aliphatic carbocycles. The molecule has 0 bridgehead atoms. The van der Waals surface area contributed by atoms with Gasteiger partial charge in [-0.2, -0.15) is 0 Å². The molecule has 0 atom stereocenters. The number of hydrogen-bond acceptors (Lipinski definition) is 5. The van der Waals surface area contributed by atoms with Crippen molar-refractivity contribution in [2.75, 3.05) is 29.5 Å². The number of sulfonamides is 1. The van der Waals surface area contributed by atoms with E-state index in [-0.39, 0.29) is 18.3 Å². The topological polar surface area (TPSA) is 93.7 Å². The molecule has 0 spiro atoms. The molecule has 0 fully saturated rings. The summed E-state index contributed by atoms with van der Waals surface area (Å²) in [6.45, 7) is 1.72. The predicted molar refractivity (Wildman–Crippen MR) is 105 cm³/mol. The molecule has 7 nitrogen and oxygen atoms in total. The molecule has 1 amide bonds. The van der Waals surface area contributed by atoms with Gasteiger partial charge in [0, 0.05) is 17.3 Å². The van der Waals surface area contributed by atoms with Crippen molar-refractivity contribution >= 4 is 33.4 Å². The lowest BCUT2D eigenvalue weighted by molar-refractivity contribution is -0.113. The second-order valence-corrected chi connectivity index (χ2v) is 7.88. The number of carbonyl (C=O) groups excluding carboxylic acids is 1. The Morgan fingerprint density at radius 1 is 1.22 bits per heavy atom. The van der Waals surface area contributed by atoms with Crippen LogP contribution in [0.1, 0.15) is 12.5 Å². The average molecular weight is 388 g/mol. The van der Waals surface area contributed by atoms with Gasteiger partial charge in [-0.25, -0.2) is 8.42 Å². The van der Waals surface area contributed by atoms with Gasteiger partial charge in [0.25, 0.3) is 5.91 Å². The third-order valence-corrected chi connectivity index (χ3v) is 5.32. The SMILES string of the molecule is CCS(=O)(=O)Nc1ccc(NC(=O)C2=Cc3ccccc3OC2)cc1OC. The molecule has 2 aromatic rings. The molecule has 3 rings (SSSR count). The van der Waals surface area contributed by atoms with Crippen molar-refractivity contribution in [1.82, 2.24) is 0 Å². The number of nitrogens with one attached hydrogen (secondary N) is 2. The molecule has 2 aromatic carbocycles. The zero-order chi connectivity index (χ0) is 19.4. The van der Waals surface area contributed by atoms with Crippen molar-refractivity contribution in [2.45, 2.75) is 6.92 Å². The van der Waals surface area contributed by atoms with E-state index < -0.39 is 10.0 Å². The van der Waals surface area contributed by atoms with E-state index in [9.17, 15) is 13.2 Å². The molecule has 27 heavy (non-hydrogen) atoms. The highest BCUT2D eigenvalue weighted by atomic mass is 32.2. The molecular formula is C19H20N2O5S. The first-order valence-electron chi connectivity index (χ1n) is 8.34. The maximum absolute atomic E-state index is 12.5. The van der Waals surface area contributed by atoms with E-state index in [1.165, 1.54) is 7.11 Å². The number of rotatable bonds is 6. The van der Waals surface area contributed by atoms with Crippen molar-refractivity contribution in [3.05, 3.63) is 53.6 Å². The molecule has 0 saturated heterocycles. The fourth-order valence-corrected chi connectivity index (χ4v) is 3.20. The van der Waals surface area contributed by atoms with E-state index in [1.54, 1.807) is 31.2 Å². The molecule has 0 aromatic heterocycles. The summed E-state index contributed by atoms with van der Waals surface area (Å²) in [7, 11) is -2.00. The van der Waals surface area contributed by atoms with Crippen LogP contribution in [0, 0.1) is 0 Å². The van der Waals surface area contributed by atoms with Crippen LogP contribution >= 0.6 is 0 Å². The number of para-hydroxylation sites is 1. The maximum atomic E-state index is 12.5. The standard InChI is InChI=1S/C19H20N2O5S/c1-3-27(23,24)21-16-9-8-15(11-18(16)25-2)20-19(22)14-10-13-6-4-5-7-17(13)26-12-14/h4-11,21H,3,12H2,1-2H3,(H,20,22). The zero-order valence-electron chi connectivity index (χ0n) is 15.0. The number of benzene rings is 2. The third-order valence-electron chi connectivity index (χ3n) is 4.03. The quantitative estimate of drug-likeness (QED) is 0.794. The zero-order valence-corrected chi connectivity index (χ0v) is 15.8. The molecule has 0 radical (unpaired) electrons. The fourth-order valence-electron chi connectivity index (χ4n) is 2.55. The lowest BCUT2D eigenvalue weighted by atomic mass is 10.1. The number of ether oxygens (including phenoxy) is 2.